The average Bonchev–Trinajstić information content (AvgIpc) is 2.17. The van der Waals surface area contributed by atoms with Gasteiger partial charge in [-0.25, -0.2) is 0 Å². The maximum absolute atomic E-state index is 9.91. The van der Waals surface area contributed by atoms with Crippen molar-refractivity contribution in [1.29, 1.82) is 0 Å². The summed E-state index contributed by atoms with van der Waals surface area (Å²) in [6.45, 7) is 2.20. The van der Waals surface area contributed by atoms with Crippen LogP contribution in [-0.2, 0) is 4.79 Å². The van der Waals surface area contributed by atoms with Gasteiger partial charge in [-0.3, -0.25) is 4.79 Å². The van der Waals surface area contributed by atoms with Crippen molar-refractivity contribution >= 4 is 6.29 Å². The van der Waals surface area contributed by atoms with Crippen LogP contribution in [0, 0.1) is 0 Å². The molecule has 1 N–H and O–H groups in total. The van der Waals surface area contributed by atoms with E-state index in [9.17, 15) is 9.90 Å². The maximum atomic E-state index is 9.91. The summed E-state index contributed by atoms with van der Waals surface area (Å²) in [6.07, 6.45) is 12.0. The molecule has 0 aliphatic heterocycles. The molecule has 0 aliphatic rings. The lowest BCUT2D eigenvalue weighted by atomic mass is 10.1. The zero-order chi connectivity index (χ0) is 10.6. The van der Waals surface area contributed by atoms with Gasteiger partial charge < -0.3 is 5.11 Å². The van der Waals surface area contributed by atoms with Gasteiger partial charge in [0.05, 0.1) is 6.10 Å². The first-order chi connectivity index (χ1) is 6.81. The van der Waals surface area contributed by atoms with Crippen LogP contribution in [0.2, 0.25) is 0 Å². The van der Waals surface area contributed by atoms with Gasteiger partial charge in [0, 0.05) is 6.42 Å². The first-order valence-corrected chi connectivity index (χ1v) is 5.49. The molecule has 81 valence electrons. The third-order valence-electron chi connectivity index (χ3n) is 2.12. The second-order valence-corrected chi connectivity index (χ2v) is 3.56. The molecule has 14 heavy (non-hydrogen) atoms. The minimum Gasteiger partial charge on any atom is -0.392 e. The molecular weight excluding hydrogens is 176 g/mol. The van der Waals surface area contributed by atoms with Gasteiger partial charge in [0.2, 0.25) is 6.29 Å². The molecule has 0 rings (SSSR count). The van der Waals surface area contributed by atoms with Crippen LogP contribution in [0.1, 0.15) is 51.9 Å². The monoisotopic (exact) mass is 197 g/mol. The van der Waals surface area contributed by atoms with E-state index in [2.05, 4.69) is 13.0 Å². The molecule has 0 bridgehead atoms. The first kappa shape index (κ1) is 13.4. The van der Waals surface area contributed by atoms with Gasteiger partial charge in [-0.05, 0) is 19.3 Å². The number of hydrogen-bond donors (Lipinski definition) is 1. The van der Waals surface area contributed by atoms with Gasteiger partial charge in [0.15, 0.2) is 0 Å². The largest absolute Gasteiger partial charge is 0.392 e. The summed E-state index contributed by atoms with van der Waals surface area (Å²) in [5, 5.41) is 9.18. The fourth-order valence-electron chi connectivity index (χ4n) is 1.24. The SMILES string of the molecule is CCCCCCC=CCC(O)C[C]=O. The van der Waals surface area contributed by atoms with Crippen LogP contribution >= 0.6 is 0 Å². The van der Waals surface area contributed by atoms with E-state index in [-0.39, 0.29) is 6.42 Å². The van der Waals surface area contributed by atoms with Crippen molar-refractivity contribution < 1.29 is 9.90 Å². The highest BCUT2D eigenvalue weighted by atomic mass is 16.3. The predicted octanol–water partition coefficient (Wildman–Crippen LogP) is 2.76. The van der Waals surface area contributed by atoms with E-state index in [1.807, 2.05) is 6.08 Å². The summed E-state index contributed by atoms with van der Waals surface area (Å²) in [5.74, 6) is 0. The van der Waals surface area contributed by atoms with Gasteiger partial charge >= 0.3 is 0 Å². The quantitative estimate of drug-likeness (QED) is 0.456. The zero-order valence-electron chi connectivity index (χ0n) is 9.04. The second kappa shape index (κ2) is 10.5. The van der Waals surface area contributed by atoms with Crippen LogP contribution in [0.3, 0.4) is 0 Å². The standard InChI is InChI=1S/C12H21O2/c1-2-3-4-5-6-7-8-9-12(14)10-11-13/h7-8,12,14H,2-6,9-10H2,1H3. The van der Waals surface area contributed by atoms with Gasteiger partial charge in [-0.1, -0.05) is 38.3 Å². The molecule has 0 fully saturated rings. The van der Waals surface area contributed by atoms with Crippen molar-refractivity contribution in [2.75, 3.05) is 0 Å². The summed E-state index contributed by atoms with van der Waals surface area (Å²) in [7, 11) is 0. The van der Waals surface area contributed by atoms with Gasteiger partial charge in [-0.15, -0.1) is 0 Å². The molecule has 0 aliphatic carbocycles. The van der Waals surface area contributed by atoms with Gasteiger partial charge in [0.1, 0.15) is 0 Å². The molecule has 0 saturated carbocycles. The molecule has 0 saturated heterocycles. The lowest BCUT2D eigenvalue weighted by molar-refractivity contribution is 0.184. The van der Waals surface area contributed by atoms with E-state index in [0.29, 0.717) is 6.42 Å². The summed E-state index contributed by atoms with van der Waals surface area (Å²) in [6, 6.07) is 0. The Hall–Kier alpha value is -0.630. The van der Waals surface area contributed by atoms with Crippen molar-refractivity contribution in [3.63, 3.8) is 0 Å². The lowest BCUT2D eigenvalue weighted by Gasteiger charge is -2.00. The van der Waals surface area contributed by atoms with E-state index < -0.39 is 6.10 Å². The summed E-state index contributed by atoms with van der Waals surface area (Å²) in [4.78, 5) is 9.91. The van der Waals surface area contributed by atoms with Crippen LogP contribution in [-0.4, -0.2) is 17.5 Å². The molecule has 1 unspecified atom stereocenters. The highest BCUT2D eigenvalue weighted by molar-refractivity contribution is 5.51. The van der Waals surface area contributed by atoms with E-state index in [1.54, 1.807) is 6.29 Å². The average molecular weight is 197 g/mol. The van der Waals surface area contributed by atoms with Crippen molar-refractivity contribution in [1.82, 2.24) is 0 Å². The van der Waals surface area contributed by atoms with Gasteiger partial charge in [-0.2, -0.15) is 0 Å². The molecular formula is C12H21O2. The molecule has 1 atom stereocenters. The molecule has 2 nitrogen and oxygen atoms in total. The number of aliphatic hydroxyl groups is 1. The number of aliphatic hydroxyl groups excluding tert-OH is 1. The second-order valence-electron chi connectivity index (χ2n) is 3.56. The smallest absolute Gasteiger partial charge is 0.201 e. The van der Waals surface area contributed by atoms with Crippen molar-refractivity contribution in [2.24, 2.45) is 0 Å². The fraction of sp³-hybridized carbons (Fsp3) is 0.750. The topological polar surface area (TPSA) is 37.3 Å². The maximum Gasteiger partial charge on any atom is 0.201 e. The molecule has 0 spiro atoms. The van der Waals surface area contributed by atoms with Crippen molar-refractivity contribution in [3.8, 4) is 0 Å². The van der Waals surface area contributed by atoms with Crippen LogP contribution in [0.5, 0.6) is 0 Å². The van der Waals surface area contributed by atoms with E-state index in [0.717, 1.165) is 6.42 Å². The predicted molar refractivity (Wildman–Crippen MR) is 58.8 cm³/mol. The Morgan fingerprint density at radius 2 is 2.07 bits per heavy atom. The molecule has 2 heteroatoms. The highest BCUT2D eigenvalue weighted by Gasteiger charge is 1.98. The lowest BCUT2D eigenvalue weighted by Crippen LogP contribution is -2.04. The normalized spacial score (nSPS) is 13.3. The number of hydrogen-bond acceptors (Lipinski definition) is 2. The molecule has 0 amide bonds. The molecule has 0 aromatic rings. The fourth-order valence-corrected chi connectivity index (χ4v) is 1.24. The zero-order valence-corrected chi connectivity index (χ0v) is 9.04. The van der Waals surface area contributed by atoms with Crippen molar-refractivity contribution in [3.05, 3.63) is 12.2 Å². The van der Waals surface area contributed by atoms with Crippen LogP contribution < -0.4 is 0 Å². The third-order valence-corrected chi connectivity index (χ3v) is 2.12. The summed E-state index contributed by atoms with van der Waals surface area (Å²) in [5.41, 5.74) is 0. The Balaban J connectivity index is 3.22. The minimum atomic E-state index is -0.542. The first-order valence-electron chi connectivity index (χ1n) is 5.49. The number of unbranched alkanes of at least 4 members (excludes halogenated alkanes) is 4. The van der Waals surface area contributed by atoms with Crippen LogP contribution in [0.15, 0.2) is 12.2 Å². The molecule has 0 aromatic heterocycles. The van der Waals surface area contributed by atoms with E-state index in [1.165, 1.54) is 25.7 Å². The third kappa shape index (κ3) is 9.46. The molecule has 0 heterocycles. The summed E-state index contributed by atoms with van der Waals surface area (Å²) >= 11 is 0. The minimum absolute atomic E-state index is 0.125. The van der Waals surface area contributed by atoms with E-state index >= 15 is 0 Å². The number of allylic oxidation sites excluding steroid dienone is 1. The molecule has 1 radical (unpaired) electrons. The Morgan fingerprint density at radius 3 is 2.71 bits per heavy atom. The Morgan fingerprint density at radius 1 is 1.29 bits per heavy atom. The highest BCUT2D eigenvalue weighted by Crippen LogP contribution is 2.04. The summed E-state index contributed by atoms with van der Waals surface area (Å²) < 4.78 is 0. The Bertz CT molecular complexity index is 152. The number of rotatable bonds is 9. The number of carbonyl (C=O) groups excluding carboxylic acids is 1. The Labute approximate surface area is 87.0 Å². The van der Waals surface area contributed by atoms with Crippen molar-refractivity contribution in [2.45, 2.75) is 58.0 Å². The van der Waals surface area contributed by atoms with Gasteiger partial charge in [0.25, 0.3) is 0 Å². The molecule has 0 aromatic carbocycles. The van der Waals surface area contributed by atoms with Crippen LogP contribution in [0.25, 0.3) is 0 Å². The Kier molecular flexibility index (Phi) is 9.98. The van der Waals surface area contributed by atoms with Crippen LogP contribution in [0.4, 0.5) is 0 Å². The van der Waals surface area contributed by atoms with E-state index in [4.69, 9.17) is 0 Å².